The number of nitrogens with one attached hydrogen (secondary N) is 1. The molecule has 0 fully saturated rings. The van der Waals surface area contributed by atoms with Gasteiger partial charge >= 0.3 is 6.09 Å². The number of rotatable bonds is 9. The molecule has 1 aromatic rings. The molecular formula is C16H29N3O3. The van der Waals surface area contributed by atoms with Crippen LogP contribution in [0, 0.1) is 0 Å². The number of unbranched alkanes of at least 4 members (excludes halogenated alkanes) is 1. The first-order valence-corrected chi connectivity index (χ1v) is 7.96. The molecule has 1 heterocycles. The van der Waals surface area contributed by atoms with Gasteiger partial charge in [-0.25, -0.2) is 9.78 Å². The van der Waals surface area contributed by atoms with Crippen molar-refractivity contribution in [2.24, 2.45) is 0 Å². The normalized spacial score (nSPS) is 11.5. The van der Waals surface area contributed by atoms with E-state index in [-0.39, 0.29) is 6.09 Å². The Morgan fingerprint density at radius 1 is 1.36 bits per heavy atom. The molecule has 0 atom stereocenters. The number of hydrogen-bond donors (Lipinski definition) is 1. The number of carbonyl (C=O) groups is 1. The lowest BCUT2D eigenvalue weighted by Gasteiger charge is -2.19. The zero-order chi connectivity index (χ0) is 16.4. The van der Waals surface area contributed by atoms with E-state index in [1.807, 2.05) is 27.0 Å². The molecule has 126 valence electrons. The first kappa shape index (κ1) is 18.5. The lowest BCUT2D eigenvalue weighted by molar-refractivity contribution is 0.0528. The number of nitrogens with zero attached hydrogens (tertiary/aromatic N) is 2. The second kappa shape index (κ2) is 9.46. The molecule has 0 aromatic carbocycles. The third-order valence-electron chi connectivity index (χ3n) is 2.97. The van der Waals surface area contributed by atoms with Gasteiger partial charge in [0.1, 0.15) is 5.60 Å². The Labute approximate surface area is 133 Å². The summed E-state index contributed by atoms with van der Waals surface area (Å²) in [7, 11) is 0. The molecule has 0 saturated heterocycles. The lowest BCUT2D eigenvalue weighted by Crippen LogP contribution is -2.33. The highest BCUT2D eigenvalue weighted by molar-refractivity contribution is 5.67. The topological polar surface area (TPSA) is 65.4 Å². The van der Waals surface area contributed by atoms with E-state index >= 15 is 0 Å². The molecule has 0 aliphatic heterocycles. The second-order valence-corrected chi connectivity index (χ2v) is 6.22. The van der Waals surface area contributed by atoms with E-state index in [9.17, 15) is 4.79 Å². The average molecular weight is 311 g/mol. The molecule has 0 bridgehead atoms. The van der Waals surface area contributed by atoms with Gasteiger partial charge in [-0.1, -0.05) is 13.3 Å². The van der Waals surface area contributed by atoms with Crippen LogP contribution in [-0.2, 0) is 22.4 Å². The minimum Gasteiger partial charge on any atom is -0.444 e. The molecule has 22 heavy (non-hydrogen) atoms. The van der Waals surface area contributed by atoms with E-state index < -0.39 is 5.60 Å². The van der Waals surface area contributed by atoms with Gasteiger partial charge in [-0.2, -0.15) is 0 Å². The van der Waals surface area contributed by atoms with Gasteiger partial charge in [0.05, 0.1) is 12.9 Å². The number of aromatic nitrogens is 2. The van der Waals surface area contributed by atoms with Crippen LogP contribution in [0.15, 0.2) is 12.5 Å². The van der Waals surface area contributed by atoms with Crippen molar-refractivity contribution in [3.8, 4) is 0 Å². The van der Waals surface area contributed by atoms with Gasteiger partial charge in [-0.15, -0.1) is 0 Å². The Bertz CT molecular complexity index is 438. The van der Waals surface area contributed by atoms with Crippen LogP contribution in [-0.4, -0.2) is 41.0 Å². The average Bonchev–Trinajstić information content (AvgIpc) is 2.84. The fourth-order valence-electron chi connectivity index (χ4n) is 1.88. The fraction of sp³-hybridized carbons (Fsp3) is 0.750. The van der Waals surface area contributed by atoms with Crippen molar-refractivity contribution < 1.29 is 14.3 Å². The van der Waals surface area contributed by atoms with Gasteiger partial charge in [-0.05, 0) is 27.2 Å². The van der Waals surface area contributed by atoms with Crippen LogP contribution < -0.4 is 5.32 Å². The summed E-state index contributed by atoms with van der Waals surface area (Å²) in [5, 5.41) is 2.76. The predicted molar refractivity (Wildman–Crippen MR) is 85.9 cm³/mol. The molecule has 6 heteroatoms. The molecule has 0 aliphatic carbocycles. The van der Waals surface area contributed by atoms with Gasteiger partial charge < -0.3 is 19.4 Å². The van der Waals surface area contributed by atoms with Crippen molar-refractivity contribution in [2.45, 2.75) is 59.1 Å². The monoisotopic (exact) mass is 311 g/mol. The molecular weight excluding hydrogens is 282 g/mol. The summed E-state index contributed by atoms with van der Waals surface area (Å²) in [6.45, 7) is 10.5. The third-order valence-corrected chi connectivity index (χ3v) is 2.97. The predicted octanol–water partition coefficient (Wildman–Crippen LogP) is 2.77. The van der Waals surface area contributed by atoms with Gasteiger partial charge in [0.15, 0.2) is 0 Å². The Hall–Kier alpha value is -1.56. The molecule has 1 aromatic heterocycles. The minimum absolute atomic E-state index is 0.388. The van der Waals surface area contributed by atoms with Crippen molar-refractivity contribution in [1.82, 2.24) is 14.9 Å². The van der Waals surface area contributed by atoms with Crippen molar-refractivity contribution >= 4 is 6.09 Å². The first-order chi connectivity index (χ1) is 10.4. The van der Waals surface area contributed by atoms with Crippen molar-refractivity contribution in [3.63, 3.8) is 0 Å². The Kier molecular flexibility index (Phi) is 7.95. The van der Waals surface area contributed by atoms with Gasteiger partial charge in [0.25, 0.3) is 0 Å². The quantitative estimate of drug-likeness (QED) is 0.712. The molecule has 1 amide bonds. The number of carbonyl (C=O) groups excluding carboxylic acids is 1. The molecule has 6 nitrogen and oxygen atoms in total. The van der Waals surface area contributed by atoms with E-state index in [4.69, 9.17) is 9.47 Å². The number of alkyl carbamates (subject to hydrolysis) is 1. The van der Waals surface area contributed by atoms with Crippen LogP contribution in [0.4, 0.5) is 4.79 Å². The van der Waals surface area contributed by atoms with E-state index in [2.05, 4.69) is 21.8 Å². The number of imidazole rings is 1. The Balaban J connectivity index is 2.26. The maximum Gasteiger partial charge on any atom is 0.407 e. The maximum atomic E-state index is 11.6. The highest BCUT2D eigenvalue weighted by Crippen LogP contribution is 2.06. The smallest absolute Gasteiger partial charge is 0.407 e. The molecule has 0 spiro atoms. The summed E-state index contributed by atoms with van der Waals surface area (Å²) in [6, 6.07) is 0. The van der Waals surface area contributed by atoms with E-state index in [0.717, 1.165) is 31.7 Å². The fourth-order valence-corrected chi connectivity index (χ4v) is 1.88. The SMILES string of the molecule is CCCCOCCn1cncc1CCNC(=O)OC(C)(C)C. The molecule has 0 aliphatic rings. The minimum atomic E-state index is -0.471. The van der Waals surface area contributed by atoms with Crippen molar-refractivity contribution in [3.05, 3.63) is 18.2 Å². The van der Waals surface area contributed by atoms with Crippen molar-refractivity contribution in [2.75, 3.05) is 19.8 Å². The summed E-state index contributed by atoms with van der Waals surface area (Å²) in [6.07, 6.45) is 6.19. The molecule has 1 N–H and O–H groups in total. The lowest BCUT2D eigenvalue weighted by atomic mass is 10.2. The van der Waals surface area contributed by atoms with Crippen molar-refractivity contribution in [1.29, 1.82) is 0 Å². The van der Waals surface area contributed by atoms with Gasteiger partial charge in [0, 0.05) is 38.0 Å². The summed E-state index contributed by atoms with van der Waals surface area (Å²) < 4.78 is 12.8. The van der Waals surface area contributed by atoms with Crippen LogP contribution in [0.2, 0.25) is 0 Å². The zero-order valence-electron chi connectivity index (χ0n) is 14.2. The summed E-state index contributed by atoms with van der Waals surface area (Å²) >= 11 is 0. The second-order valence-electron chi connectivity index (χ2n) is 6.22. The zero-order valence-corrected chi connectivity index (χ0v) is 14.2. The standard InChI is InChI=1S/C16H29N3O3/c1-5-6-10-21-11-9-19-13-17-12-14(19)7-8-18-15(20)22-16(2,3)4/h12-13H,5-11H2,1-4H3,(H,18,20). The Morgan fingerprint density at radius 3 is 2.82 bits per heavy atom. The molecule has 0 saturated carbocycles. The largest absolute Gasteiger partial charge is 0.444 e. The third kappa shape index (κ3) is 8.02. The first-order valence-electron chi connectivity index (χ1n) is 7.96. The summed E-state index contributed by atoms with van der Waals surface area (Å²) in [5.74, 6) is 0. The van der Waals surface area contributed by atoms with E-state index in [1.165, 1.54) is 0 Å². The summed E-state index contributed by atoms with van der Waals surface area (Å²) in [5.41, 5.74) is 0.608. The van der Waals surface area contributed by atoms with Gasteiger partial charge in [0.2, 0.25) is 0 Å². The van der Waals surface area contributed by atoms with Crippen LogP contribution >= 0.6 is 0 Å². The van der Waals surface area contributed by atoms with Crippen LogP contribution in [0.5, 0.6) is 0 Å². The van der Waals surface area contributed by atoms with E-state index in [1.54, 1.807) is 6.33 Å². The van der Waals surface area contributed by atoms with Gasteiger partial charge in [-0.3, -0.25) is 0 Å². The van der Waals surface area contributed by atoms with Crippen LogP contribution in [0.25, 0.3) is 0 Å². The van der Waals surface area contributed by atoms with E-state index in [0.29, 0.717) is 19.6 Å². The number of amides is 1. The number of hydrogen-bond acceptors (Lipinski definition) is 4. The summed E-state index contributed by atoms with van der Waals surface area (Å²) in [4.78, 5) is 15.7. The molecule has 0 radical (unpaired) electrons. The Morgan fingerprint density at radius 2 is 2.14 bits per heavy atom. The highest BCUT2D eigenvalue weighted by atomic mass is 16.6. The maximum absolute atomic E-state index is 11.6. The molecule has 1 rings (SSSR count). The van der Waals surface area contributed by atoms with Crippen LogP contribution in [0.3, 0.4) is 0 Å². The highest BCUT2D eigenvalue weighted by Gasteiger charge is 2.15. The van der Waals surface area contributed by atoms with Crippen LogP contribution in [0.1, 0.15) is 46.2 Å². The number of ether oxygens (including phenoxy) is 2. The molecule has 0 unspecified atom stereocenters.